The van der Waals surface area contributed by atoms with Crippen molar-refractivity contribution in [2.24, 2.45) is 0 Å². The van der Waals surface area contributed by atoms with E-state index in [1.807, 2.05) is 0 Å². The summed E-state index contributed by atoms with van der Waals surface area (Å²) in [6.07, 6.45) is 0. The first kappa shape index (κ1) is 11.5. The van der Waals surface area contributed by atoms with Gasteiger partial charge in [-0.1, -0.05) is 37.0 Å². The van der Waals surface area contributed by atoms with Crippen LogP contribution < -0.4 is 0 Å². The van der Waals surface area contributed by atoms with Crippen LogP contribution in [-0.2, 0) is 0 Å². The van der Waals surface area contributed by atoms with Gasteiger partial charge in [0.2, 0.25) is 0 Å². The lowest BCUT2D eigenvalue weighted by Gasteiger charge is -2.12. The molecule has 0 unspecified atom stereocenters. The van der Waals surface area contributed by atoms with E-state index in [4.69, 9.17) is 28.3 Å². The Morgan fingerprint density at radius 1 is 1.07 bits per heavy atom. The summed E-state index contributed by atoms with van der Waals surface area (Å²) in [7, 11) is 0. The highest BCUT2D eigenvalue weighted by Gasteiger charge is 2.23. The van der Waals surface area contributed by atoms with Crippen LogP contribution in [-0.4, -0.2) is 5.11 Å². The monoisotopic (exact) mass is 240 g/mol. The average Bonchev–Trinajstić information content (AvgIpc) is 2.11. The fraction of sp³-hybridized carbons (Fsp3) is 0.333. The lowest BCUT2D eigenvalue weighted by Crippen LogP contribution is -1.98. The minimum Gasteiger partial charge on any atom is -0.503 e. The number of hydrogen-bond acceptors (Lipinski definition) is 1. The lowest BCUT2D eigenvalue weighted by atomic mass is 10.0. The third-order valence-electron chi connectivity index (χ3n) is 1.85. The standard InChI is InChI=1S/C9H8Cl2F2O/c1-3(2)4-5(10)6(11)8(13)9(14)7(4)12/h3,14H,1-2H3. The minimum absolute atomic E-state index is 0.0237. The van der Waals surface area contributed by atoms with Gasteiger partial charge in [0.05, 0.1) is 10.0 Å². The Hall–Kier alpha value is -0.540. The molecule has 0 aliphatic rings. The van der Waals surface area contributed by atoms with Crippen LogP contribution in [0, 0.1) is 11.6 Å². The first-order chi connectivity index (χ1) is 6.37. The van der Waals surface area contributed by atoms with Crippen molar-refractivity contribution in [3.05, 3.63) is 27.2 Å². The molecule has 0 atom stereocenters. The maximum absolute atomic E-state index is 13.3. The quantitative estimate of drug-likeness (QED) is 0.579. The van der Waals surface area contributed by atoms with Gasteiger partial charge in [0, 0.05) is 5.56 Å². The Balaban J connectivity index is 3.60. The largest absolute Gasteiger partial charge is 0.503 e. The Labute approximate surface area is 90.3 Å². The summed E-state index contributed by atoms with van der Waals surface area (Å²) in [5, 5.41) is 8.41. The van der Waals surface area contributed by atoms with E-state index < -0.39 is 22.4 Å². The van der Waals surface area contributed by atoms with E-state index in [0.29, 0.717) is 0 Å². The van der Waals surface area contributed by atoms with Crippen molar-refractivity contribution in [1.29, 1.82) is 0 Å². The van der Waals surface area contributed by atoms with Gasteiger partial charge in [0.25, 0.3) is 0 Å². The van der Waals surface area contributed by atoms with Crippen LogP contribution in [0.25, 0.3) is 0 Å². The molecule has 78 valence electrons. The van der Waals surface area contributed by atoms with Gasteiger partial charge in [-0.25, -0.2) is 8.78 Å². The maximum atomic E-state index is 13.3. The van der Waals surface area contributed by atoms with Crippen molar-refractivity contribution in [2.75, 3.05) is 0 Å². The summed E-state index contributed by atoms with van der Waals surface area (Å²) >= 11 is 11.1. The Morgan fingerprint density at radius 3 is 2.00 bits per heavy atom. The van der Waals surface area contributed by atoms with E-state index in [2.05, 4.69) is 0 Å². The van der Waals surface area contributed by atoms with Crippen LogP contribution in [0.5, 0.6) is 5.75 Å². The molecule has 0 bridgehead atoms. The number of phenolic OH excluding ortho intramolecular Hbond substituents is 1. The van der Waals surface area contributed by atoms with E-state index >= 15 is 0 Å². The molecule has 0 spiro atoms. The van der Waals surface area contributed by atoms with Crippen molar-refractivity contribution >= 4 is 23.2 Å². The van der Waals surface area contributed by atoms with Gasteiger partial charge >= 0.3 is 0 Å². The topological polar surface area (TPSA) is 20.2 Å². The van der Waals surface area contributed by atoms with Crippen molar-refractivity contribution in [3.8, 4) is 5.75 Å². The van der Waals surface area contributed by atoms with Crippen molar-refractivity contribution in [3.63, 3.8) is 0 Å². The Bertz CT molecular complexity index is 349. The van der Waals surface area contributed by atoms with Crippen molar-refractivity contribution < 1.29 is 13.9 Å². The molecule has 1 aromatic rings. The molecule has 5 heteroatoms. The molecular formula is C9H8Cl2F2O. The van der Waals surface area contributed by atoms with Gasteiger partial charge in [-0.2, -0.15) is 0 Å². The number of benzene rings is 1. The third kappa shape index (κ3) is 1.66. The van der Waals surface area contributed by atoms with E-state index in [1.54, 1.807) is 13.8 Å². The fourth-order valence-corrected chi connectivity index (χ4v) is 1.72. The molecule has 1 aromatic carbocycles. The predicted octanol–water partition coefficient (Wildman–Crippen LogP) is 4.10. The summed E-state index contributed by atoms with van der Waals surface area (Å²) in [5.74, 6) is -3.64. The smallest absolute Gasteiger partial charge is 0.189 e. The molecule has 0 aromatic heterocycles. The Kier molecular flexibility index (Phi) is 3.22. The number of hydrogen-bond donors (Lipinski definition) is 1. The highest BCUT2D eigenvalue weighted by atomic mass is 35.5. The second-order valence-electron chi connectivity index (χ2n) is 3.17. The van der Waals surface area contributed by atoms with Crippen molar-refractivity contribution in [1.82, 2.24) is 0 Å². The molecule has 0 heterocycles. The zero-order valence-electron chi connectivity index (χ0n) is 7.54. The maximum Gasteiger partial charge on any atom is 0.189 e. The van der Waals surface area contributed by atoms with Crippen LogP contribution in [0.15, 0.2) is 0 Å². The molecule has 1 N–H and O–H groups in total. The zero-order chi connectivity index (χ0) is 11.0. The van der Waals surface area contributed by atoms with E-state index in [9.17, 15) is 8.78 Å². The molecule has 0 aliphatic carbocycles. The molecule has 0 radical (unpaired) electrons. The first-order valence-electron chi connectivity index (χ1n) is 3.92. The van der Waals surface area contributed by atoms with Gasteiger partial charge in [-0.3, -0.25) is 0 Å². The molecule has 0 saturated carbocycles. The number of aromatic hydroxyl groups is 1. The van der Waals surface area contributed by atoms with Gasteiger partial charge in [0.1, 0.15) is 0 Å². The van der Waals surface area contributed by atoms with E-state index in [-0.39, 0.29) is 16.5 Å². The summed E-state index contributed by atoms with van der Waals surface area (Å²) in [4.78, 5) is 0. The molecule has 0 amide bonds. The molecule has 0 aliphatic heterocycles. The molecule has 0 saturated heterocycles. The van der Waals surface area contributed by atoms with Gasteiger partial charge in [0.15, 0.2) is 17.4 Å². The second-order valence-corrected chi connectivity index (χ2v) is 3.93. The van der Waals surface area contributed by atoms with Crippen LogP contribution in [0.2, 0.25) is 10.0 Å². The molecular weight excluding hydrogens is 233 g/mol. The normalized spacial score (nSPS) is 11.1. The molecule has 1 rings (SSSR count). The average molecular weight is 241 g/mol. The zero-order valence-corrected chi connectivity index (χ0v) is 9.05. The highest BCUT2D eigenvalue weighted by Crippen LogP contribution is 2.40. The minimum atomic E-state index is -1.22. The van der Waals surface area contributed by atoms with Crippen LogP contribution in [0.1, 0.15) is 25.3 Å². The van der Waals surface area contributed by atoms with Crippen molar-refractivity contribution in [2.45, 2.75) is 19.8 Å². The predicted molar refractivity (Wildman–Crippen MR) is 52.1 cm³/mol. The Morgan fingerprint density at radius 2 is 1.57 bits per heavy atom. The summed E-state index contributed by atoms with van der Waals surface area (Å²) in [6.45, 7) is 3.33. The van der Waals surface area contributed by atoms with Crippen LogP contribution in [0.3, 0.4) is 0 Å². The number of rotatable bonds is 1. The summed E-state index contributed by atoms with van der Waals surface area (Å²) in [6, 6.07) is 0. The second kappa shape index (κ2) is 3.91. The van der Waals surface area contributed by atoms with Gasteiger partial charge in [-0.05, 0) is 5.92 Å². The number of halogens is 4. The van der Waals surface area contributed by atoms with E-state index in [0.717, 1.165) is 0 Å². The van der Waals surface area contributed by atoms with Gasteiger partial charge < -0.3 is 5.11 Å². The first-order valence-corrected chi connectivity index (χ1v) is 4.68. The molecule has 14 heavy (non-hydrogen) atoms. The van der Waals surface area contributed by atoms with Crippen LogP contribution >= 0.6 is 23.2 Å². The number of phenols is 1. The fourth-order valence-electron chi connectivity index (χ4n) is 1.15. The third-order valence-corrected chi connectivity index (χ3v) is 2.70. The SMILES string of the molecule is CC(C)c1c(F)c(O)c(F)c(Cl)c1Cl. The van der Waals surface area contributed by atoms with Gasteiger partial charge in [-0.15, -0.1) is 0 Å². The molecule has 1 nitrogen and oxygen atoms in total. The highest BCUT2D eigenvalue weighted by molar-refractivity contribution is 6.42. The van der Waals surface area contributed by atoms with Crippen LogP contribution in [0.4, 0.5) is 8.78 Å². The summed E-state index contributed by atoms with van der Waals surface area (Å²) in [5.41, 5.74) is 0.0237. The summed E-state index contributed by atoms with van der Waals surface area (Å²) < 4.78 is 26.3. The van der Waals surface area contributed by atoms with E-state index in [1.165, 1.54) is 0 Å². The molecule has 0 fully saturated rings. The lowest BCUT2D eigenvalue weighted by molar-refractivity contribution is 0.392.